The summed E-state index contributed by atoms with van der Waals surface area (Å²) in [4.78, 5) is 26.5. The predicted octanol–water partition coefficient (Wildman–Crippen LogP) is 3.44. The van der Waals surface area contributed by atoms with Gasteiger partial charge in [0.05, 0.1) is 5.01 Å². The predicted molar refractivity (Wildman–Crippen MR) is 90.6 cm³/mol. The van der Waals surface area contributed by atoms with Crippen molar-refractivity contribution in [1.29, 1.82) is 0 Å². The van der Waals surface area contributed by atoms with Crippen LogP contribution in [0.3, 0.4) is 0 Å². The lowest BCUT2D eigenvalue weighted by Crippen LogP contribution is -2.25. The summed E-state index contributed by atoms with van der Waals surface area (Å²) < 4.78 is 0. The van der Waals surface area contributed by atoms with Crippen molar-refractivity contribution in [2.45, 2.75) is 19.3 Å². The van der Waals surface area contributed by atoms with Crippen LogP contribution in [0, 0.1) is 0 Å². The van der Waals surface area contributed by atoms with Crippen molar-refractivity contribution in [3.8, 4) is 0 Å². The lowest BCUT2D eigenvalue weighted by molar-refractivity contribution is -0.121. The zero-order chi connectivity index (χ0) is 16.8. The standard InChI is InChI=1S/C15H14Cl2N2O3S/c16-10-3-1-9(11(17)7-10)2-4-13(20)18-6-5-14-19-12(8-23-14)15(21)22/h1,3,7-8H,2,4-6H2,(H,18,20)(H,21,22). The molecular formula is C15H14Cl2N2O3S. The molecule has 1 aromatic heterocycles. The average Bonchev–Trinajstić information content (AvgIpc) is 2.95. The van der Waals surface area contributed by atoms with Gasteiger partial charge in [0.25, 0.3) is 0 Å². The second-order valence-electron chi connectivity index (χ2n) is 4.77. The van der Waals surface area contributed by atoms with Crippen LogP contribution in [0.4, 0.5) is 0 Å². The minimum atomic E-state index is -1.05. The Kier molecular flexibility index (Phi) is 6.38. The van der Waals surface area contributed by atoms with E-state index in [1.807, 2.05) is 0 Å². The number of halogens is 2. The van der Waals surface area contributed by atoms with Crippen molar-refractivity contribution >= 4 is 46.4 Å². The lowest BCUT2D eigenvalue weighted by Gasteiger charge is -2.06. The summed E-state index contributed by atoms with van der Waals surface area (Å²) in [5, 5.41) is 14.9. The Morgan fingerprint density at radius 2 is 2.04 bits per heavy atom. The van der Waals surface area contributed by atoms with Gasteiger partial charge in [0.15, 0.2) is 5.69 Å². The molecule has 0 fully saturated rings. The molecule has 0 spiro atoms. The van der Waals surface area contributed by atoms with Gasteiger partial charge >= 0.3 is 5.97 Å². The van der Waals surface area contributed by atoms with E-state index in [0.29, 0.717) is 40.9 Å². The number of nitrogens with one attached hydrogen (secondary N) is 1. The molecule has 23 heavy (non-hydrogen) atoms. The second-order valence-corrected chi connectivity index (χ2v) is 6.55. The molecule has 0 saturated carbocycles. The highest BCUT2D eigenvalue weighted by Gasteiger charge is 2.09. The number of aromatic nitrogens is 1. The van der Waals surface area contributed by atoms with E-state index in [9.17, 15) is 9.59 Å². The molecule has 0 bridgehead atoms. The zero-order valence-corrected chi connectivity index (χ0v) is 14.3. The van der Waals surface area contributed by atoms with Crippen molar-refractivity contribution in [1.82, 2.24) is 10.3 Å². The SMILES string of the molecule is O=C(CCc1ccc(Cl)cc1Cl)NCCc1nc(C(=O)O)cs1. The van der Waals surface area contributed by atoms with Gasteiger partial charge in [0.2, 0.25) is 5.91 Å². The fourth-order valence-electron chi connectivity index (χ4n) is 1.89. The summed E-state index contributed by atoms with van der Waals surface area (Å²) in [6, 6.07) is 5.20. The van der Waals surface area contributed by atoms with Crippen molar-refractivity contribution in [2.24, 2.45) is 0 Å². The van der Waals surface area contributed by atoms with Crippen LogP contribution in [0.5, 0.6) is 0 Å². The van der Waals surface area contributed by atoms with E-state index in [4.69, 9.17) is 28.3 Å². The number of nitrogens with zero attached hydrogens (tertiary/aromatic N) is 1. The van der Waals surface area contributed by atoms with Gasteiger partial charge in [-0.2, -0.15) is 0 Å². The fraction of sp³-hybridized carbons (Fsp3) is 0.267. The van der Waals surface area contributed by atoms with Crippen LogP contribution >= 0.6 is 34.5 Å². The van der Waals surface area contributed by atoms with E-state index in [2.05, 4.69) is 10.3 Å². The Morgan fingerprint density at radius 1 is 1.26 bits per heavy atom. The summed E-state index contributed by atoms with van der Waals surface area (Å²) in [7, 11) is 0. The summed E-state index contributed by atoms with van der Waals surface area (Å²) in [6.07, 6.45) is 1.35. The highest BCUT2D eigenvalue weighted by atomic mass is 35.5. The summed E-state index contributed by atoms with van der Waals surface area (Å²) in [6.45, 7) is 0.416. The number of carboxylic acids is 1. The van der Waals surface area contributed by atoms with Crippen molar-refractivity contribution in [2.75, 3.05) is 6.54 Å². The Labute approximate surface area is 147 Å². The van der Waals surface area contributed by atoms with Crippen molar-refractivity contribution in [3.05, 3.63) is 49.9 Å². The molecule has 122 valence electrons. The zero-order valence-electron chi connectivity index (χ0n) is 12.0. The van der Waals surface area contributed by atoms with Gasteiger partial charge in [-0.1, -0.05) is 29.3 Å². The van der Waals surface area contributed by atoms with E-state index in [1.165, 1.54) is 16.7 Å². The Hall–Kier alpha value is -1.63. The molecule has 1 heterocycles. The molecule has 0 saturated heterocycles. The topological polar surface area (TPSA) is 79.3 Å². The Balaban J connectivity index is 1.73. The first-order valence-corrected chi connectivity index (χ1v) is 8.47. The fourth-order valence-corrected chi connectivity index (χ4v) is 3.17. The number of rotatable bonds is 7. The number of carbonyl (C=O) groups excluding carboxylic acids is 1. The third-order valence-electron chi connectivity index (χ3n) is 3.07. The Morgan fingerprint density at radius 3 is 2.70 bits per heavy atom. The molecule has 0 unspecified atom stereocenters. The van der Waals surface area contributed by atoms with Gasteiger partial charge in [-0.25, -0.2) is 9.78 Å². The third kappa shape index (κ3) is 5.49. The normalized spacial score (nSPS) is 10.5. The molecule has 0 atom stereocenters. The number of aryl methyl sites for hydroxylation is 1. The van der Waals surface area contributed by atoms with Gasteiger partial charge in [-0.05, 0) is 24.1 Å². The number of thiazole rings is 1. The molecule has 0 aliphatic rings. The lowest BCUT2D eigenvalue weighted by atomic mass is 10.1. The van der Waals surface area contributed by atoms with Gasteiger partial charge in [-0.3, -0.25) is 4.79 Å². The molecule has 2 rings (SSSR count). The summed E-state index contributed by atoms with van der Waals surface area (Å²) in [5.41, 5.74) is 0.908. The monoisotopic (exact) mass is 372 g/mol. The van der Waals surface area contributed by atoms with Crippen LogP contribution in [0.15, 0.2) is 23.6 Å². The molecular weight excluding hydrogens is 359 g/mol. The molecule has 0 radical (unpaired) electrons. The van der Waals surface area contributed by atoms with Crippen LogP contribution in [-0.2, 0) is 17.6 Å². The van der Waals surface area contributed by atoms with Gasteiger partial charge in [-0.15, -0.1) is 11.3 Å². The van der Waals surface area contributed by atoms with E-state index in [-0.39, 0.29) is 11.6 Å². The van der Waals surface area contributed by atoms with Crippen LogP contribution < -0.4 is 5.32 Å². The molecule has 5 nitrogen and oxygen atoms in total. The third-order valence-corrected chi connectivity index (χ3v) is 4.56. The number of carboxylic acid groups (broad SMARTS) is 1. The maximum atomic E-state index is 11.8. The molecule has 1 amide bonds. The van der Waals surface area contributed by atoms with Crippen LogP contribution in [0.25, 0.3) is 0 Å². The minimum absolute atomic E-state index is 0.0358. The largest absolute Gasteiger partial charge is 0.476 e. The van der Waals surface area contributed by atoms with Gasteiger partial charge in [0.1, 0.15) is 0 Å². The van der Waals surface area contributed by atoms with Crippen LogP contribution in [0.2, 0.25) is 10.0 Å². The highest BCUT2D eigenvalue weighted by Crippen LogP contribution is 2.22. The maximum Gasteiger partial charge on any atom is 0.355 e. The van der Waals surface area contributed by atoms with Crippen LogP contribution in [0.1, 0.15) is 27.5 Å². The highest BCUT2D eigenvalue weighted by molar-refractivity contribution is 7.09. The molecule has 2 N–H and O–H groups in total. The van der Waals surface area contributed by atoms with E-state index >= 15 is 0 Å². The molecule has 0 aliphatic heterocycles. The first-order chi connectivity index (χ1) is 11.0. The number of carbonyl (C=O) groups is 2. The number of hydrogen-bond donors (Lipinski definition) is 2. The number of aromatic carboxylic acids is 1. The maximum absolute atomic E-state index is 11.8. The average molecular weight is 373 g/mol. The van der Waals surface area contributed by atoms with Crippen molar-refractivity contribution < 1.29 is 14.7 Å². The molecule has 8 heteroatoms. The van der Waals surface area contributed by atoms with E-state index < -0.39 is 5.97 Å². The van der Waals surface area contributed by atoms with Crippen LogP contribution in [-0.4, -0.2) is 28.5 Å². The van der Waals surface area contributed by atoms with E-state index in [1.54, 1.807) is 18.2 Å². The first-order valence-electron chi connectivity index (χ1n) is 6.84. The smallest absolute Gasteiger partial charge is 0.355 e. The Bertz CT molecular complexity index is 718. The molecule has 1 aromatic carbocycles. The minimum Gasteiger partial charge on any atom is -0.476 e. The quantitative estimate of drug-likeness (QED) is 0.779. The molecule has 0 aliphatic carbocycles. The first kappa shape index (κ1) is 17.7. The second kappa shape index (κ2) is 8.29. The number of amides is 1. The molecule has 2 aromatic rings. The summed E-state index contributed by atoms with van der Waals surface area (Å²) in [5.74, 6) is -1.14. The number of benzene rings is 1. The van der Waals surface area contributed by atoms with Gasteiger partial charge < -0.3 is 10.4 Å². The van der Waals surface area contributed by atoms with Crippen molar-refractivity contribution in [3.63, 3.8) is 0 Å². The number of hydrogen-bond acceptors (Lipinski definition) is 4. The van der Waals surface area contributed by atoms with Gasteiger partial charge in [0, 0.05) is 34.8 Å². The summed E-state index contributed by atoms with van der Waals surface area (Å²) >= 11 is 13.1. The van der Waals surface area contributed by atoms with E-state index in [0.717, 1.165) is 5.56 Å².